The van der Waals surface area contributed by atoms with Crippen molar-refractivity contribution in [2.24, 2.45) is 0 Å². The SMILES string of the molecule is Nc1nc2c(ncn2COC(CO)CO)c(=O)[nH]1.O=C(Oc1ccccc1C(=O)O)c1ccccc1O. The van der Waals surface area contributed by atoms with Crippen LogP contribution in [0.25, 0.3) is 11.2 Å². The number of aromatic nitrogens is 4. The number of carbonyl (C=O) groups is 2. The van der Waals surface area contributed by atoms with Crippen molar-refractivity contribution in [1.29, 1.82) is 0 Å². The minimum Gasteiger partial charge on any atom is -0.507 e. The second kappa shape index (κ2) is 12.3. The van der Waals surface area contributed by atoms with Crippen LogP contribution in [0.1, 0.15) is 20.7 Å². The number of hydrogen-bond acceptors (Lipinski definition) is 11. The maximum atomic E-state index is 11.8. The fourth-order valence-electron chi connectivity index (χ4n) is 2.95. The van der Waals surface area contributed by atoms with Gasteiger partial charge in [0, 0.05) is 0 Å². The Hall–Kier alpha value is -4.79. The number of fused-ring (bicyclic) bond motifs is 1. The molecule has 2 aromatic heterocycles. The quantitative estimate of drug-likeness (QED) is 0.139. The normalized spacial score (nSPS) is 10.7. The maximum Gasteiger partial charge on any atom is 0.347 e. The second-order valence-electron chi connectivity index (χ2n) is 7.33. The fourth-order valence-corrected chi connectivity index (χ4v) is 2.95. The zero-order chi connectivity index (χ0) is 26.9. The van der Waals surface area contributed by atoms with Gasteiger partial charge in [-0.1, -0.05) is 24.3 Å². The third-order valence-corrected chi connectivity index (χ3v) is 4.79. The van der Waals surface area contributed by atoms with Crippen molar-refractivity contribution in [2.45, 2.75) is 12.8 Å². The predicted octanol–water partition coefficient (Wildman–Crippen LogP) is 0.339. The Kier molecular flexibility index (Phi) is 8.88. The Bertz CT molecular complexity index is 1450. The van der Waals surface area contributed by atoms with E-state index in [1.165, 1.54) is 41.2 Å². The number of aromatic carboxylic acids is 1. The topological polar surface area (TPSA) is 223 Å². The van der Waals surface area contributed by atoms with Crippen LogP contribution in [-0.4, -0.2) is 71.2 Å². The van der Waals surface area contributed by atoms with Crippen LogP contribution in [0.5, 0.6) is 11.5 Å². The minimum atomic E-state index is -1.19. The molecule has 14 nitrogen and oxygen atoms in total. The molecule has 0 saturated heterocycles. The zero-order valence-electron chi connectivity index (χ0n) is 19.1. The number of esters is 1. The number of rotatable bonds is 8. The number of para-hydroxylation sites is 2. The summed E-state index contributed by atoms with van der Waals surface area (Å²) in [6.07, 6.45) is 0.680. The van der Waals surface area contributed by atoms with Gasteiger partial charge in [0.15, 0.2) is 11.2 Å². The number of aromatic amines is 1. The molecule has 0 aliphatic carbocycles. The van der Waals surface area contributed by atoms with Crippen molar-refractivity contribution in [3.8, 4) is 11.5 Å². The van der Waals surface area contributed by atoms with Gasteiger partial charge in [-0.15, -0.1) is 0 Å². The van der Waals surface area contributed by atoms with E-state index in [1.807, 2.05) is 0 Å². The number of nitrogens with zero attached hydrogens (tertiary/aromatic N) is 3. The van der Waals surface area contributed by atoms with Gasteiger partial charge in [0.1, 0.15) is 35.5 Å². The Morgan fingerprint density at radius 2 is 1.70 bits per heavy atom. The molecule has 194 valence electrons. The number of imidazole rings is 1. The molecular weight excluding hydrogens is 490 g/mol. The van der Waals surface area contributed by atoms with Gasteiger partial charge in [-0.3, -0.25) is 14.3 Å². The summed E-state index contributed by atoms with van der Waals surface area (Å²) < 4.78 is 11.7. The first kappa shape index (κ1) is 26.8. The van der Waals surface area contributed by atoms with E-state index in [-0.39, 0.29) is 59.7 Å². The van der Waals surface area contributed by atoms with Gasteiger partial charge < -0.3 is 35.6 Å². The molecular formula is C23H23N5O9. The molecule has 0 atom stereocenters. The Morgan fingerprint density at radius 1 is 1.05 bits per heavy atom. The Labute approximate surface area is 208 Å². The van der Waals surface area contributed by atoms with E-state index < -0.39 is 23.6 Å². The van der Waals surface area contributed by atoms with Crippen LogP contribution in [0.2, 0.25) is 0 Å². The lowest BCUT2D eigenvalue weighted by molar-refractivity contribution is -0.0488. The molecule has 0 aliphatic heterocycles. The number of phenolic OH excluding ortho intramolecular Hbond substituents is 1. The van der Waals surface area contributed by atoms with Crippen LogP contribution in [0, 0.1) is 0 Å². The molecule has 0 aliphatic rings. The van der Waals surface area contributed by atoms with Crippen LogP contribution in [0.3, 0.4) is 0 Å². The van der Waals surface area contributed by atoms with Crippen molar-refractivity contribution >= 4 is 29.1 Å². The van der Waals surface area contributed by atoms with Crippen LogP contribution >= 0.6 is 0 Å². The number of hydrogen-bond donors (Lipinski definition) is 6. The largest absolute Gasteiger partial charge is 0.507 e. The average molecular weight is 513 g/mol. The highest BCUT2D eigenvalue weighted by molar-refractivity contribution is 5.96. The number of aliphatic hydroxyl groups is 2. The standard InChI is InChI=1S/C14H10O5.C9H13N5O4/c15-11-7-3-1-5-9(11)14(18)19-12-8-4-2-6-10(12)13(16)17;10-9-12-7-6(8(17)13-9)11-3-14(7)4-18-5(1-15)2-16/h1-8,15H,(H,16,17);3,5,15-16H,1-2,4H2,(H3,10,12,13,17). The molecule has 0 spiro atoms. The number of carboxylic acids is 1. The number of benzene rings is 2. The molecule has 14 heteroatoms. The van der Waals surface area contributed by atoms with E-state index in [0.717, 1.165) is 0 Å². The van der Waals surface area contributed by atoms with Crippen LogP contribution < -0.4 is 16.0 Å². The molecule has 4 rings (SSSR count). The lowest BCUT2D eigenvalue weighted by Gasteiger charge is -2.12. The summed E-state index contributed by atoms with van der Waals surface area (Å²) in [6, 6.07) is 11.7. The number of carboxylic acid groups (broad SMARTS) is 1. The first-order valence-corrected chi connectivity index (χ1v) is 10.6. The number of carbonyl (C=O) groups excluding carboxylic acids is 1. The number of ether oxygens (including phenoxy) is 2. The van der Waals surface area contributed by atoms with Crippen LogP contribution in [-0.2, 0) is 11.5 Å². The summed E-state index contributed by atoms with van der Waals surface area (Å²) in [4.78, 5) is 44.4. The molecule has 0 bridgehead atoms. The zero-order valence-corrected chi connectivity index (χ0v) is 19.1. The van der Waals surface area contributed by atoms with Gasteiger partial charge in [0.05, 0.1) is 19.5 Å². The number of phenols is 1. The highest BCUT2D eigenvalue weighted by atomic mass is 16.5. The van der Waals surface area contributed by atoms with E-state index in [0.29, 0.717) is 0 Å². The maximum absolute atomic E-state index is 11.8. The molecule has 2 aromatic carbocycles. The fraction of sp³-hybridized carbons (Fsp3) is 0.174. The molecule has 4 aromatic rings. The van der Waals surface area contributed by atoms with Crippen molar-refractivity contribution in [3.63, 3.8) is 0 Å². The van der Waals surface area contributed by atoms with Crippen molar-refractivity contribution in [1.82, 2.24) is 19.5 Å². The summed E-state index contributed by atoms with van der Waals surface area (Å²) in [5.41, 5.74) is 5.29. The number of aromatic hydroxyl groups is 1. The molecule has 7 N–H and O–H groups in total. The number of anilines is 1. The molecule has 37 heavy (non-hydrogen) atoms. The first-order chi connectivity index (χ1) is 17.7. The molecule has 0 fully saturated rings. The van der Waals surface area contributed by atoms with E-state index in [9.17, 15) is 19.5 Å². The van der Waals surface area contributed by atoms with Gasteiger partial charge in [-0.05, 0) is 24.3 Å². The average Bonchev–Trinajstić information content (AvgIpc) is 3.28. The molecule has 0 saturated carbocycles. The smallest absolute Gasteiger partial charge is 0.347 e. The number of aliphatic hydroxyl groups excluding tert-OH is 2. The van der Waals surface area contributed by atoms with E-state index >= 15 is 0 Å². The van der Waals surface area contributed by atoms with Crippen molar-refractivity contribution in [3.05, 3.63) is 76.3 Å². The van der Waals surface area contributed by atoms with E-state index in [4.69, 9.17) is 30.5 Å². The second-order valence-corrected chi connectivity index (χ2v) is 7.33. The third-order valence-electron chi connectivity index (χ3n) is 4.79. The first-order valence-electron chi connectivity index (χ1n) is 10.6. The third kappa shape index (κ3) is 6.66. The van der Waals surface area contributed by atoms with Crippen LogP contribution in [0.4, 0.5) is 5.95 Å². The summed E-state index contributed by atoms with van der Waals surface area (Å²) in [7, 11) is 0. The number of nitrogens with two attached hydrogens (primary N) is 1. The van der Waals surface area contributed by atoms with E-state index in [1.54, 1.807) is 18.2 Å². The summed E-state index contributed by atoms with van der Waals surface area (Å²) in [5, 5.41) is 36.2. The van der Waals surface area contributed by atoms with Gasteiger partial charge in [-0.2, -0.15) is 4.98 Å². The Balaban J connectivity index is 0.000000206. The van der Waals surface area contributed by atoms with Crippen molar-refractivity contribution in [2.75, 3.05) is 18.9 Å². The monoisotopic (exact) mass is 513 g/mol. The number of nitrogens with one attached hydrogen (secondary N) is 1. The highest BCUT2D eigenvalue weighted by Crippen LogP contribution is 2.22. The molecule has 0 radical (unpaired) electrons. The highest BCUT2D eigenvalue weighted by Gasteiger charge is 2.17. The minimum absolute atomic E-state index is 0.00181. The predicted molar refractivity (Wildman–Crippen MR) is 128 cm³/mol. The molecule has 0 amide bonds. The number of nitrogen functional groups attached to an aromatic ring is 1. The summed E-state index contributed by atoms with van der Waals surface area (Å²) in [5.74, 6) is -2.31. The lowest BCUT2D eigenvalue weighted by Crippen LogP contribution is -2.23. The van der Waals surface area contributed by atoms with Gasteiger partial charge in [0.2, 0.25) is 5.95 Å². The van der Waals surface area contributed by atoms with Gasteiger partial charge >= 0.3 is 11.9 Å². The molecule has 2 heterocycles. The van der Waals surface area contributed by atoms with Crippen molar-refractivity contribution < 1.29 is 39.5 Å². The lowest BCUT2D eigenvalue weighted by atomic mass is 10.2. The summed E-state index contributed by atoms with van der Waals surface area (Å²) in [6.45, 7) is -0.614. The van der Waals surface area contributed by atoms with E-state index in [2.05, 4.69) is 15.0 Å². The summed E-state index contributed by atoms with van der Waals surface area (Å²) >= 11 is 0. The van der Waals surface area contributed by atoms with Crippen LogP contribution in [0.15, 0.2) is 59.7 Å². The molecule has 0 unspecified atom stereocenters. The number of H-pyrrole nitrogens is 1. The van der Waals surface area contributed by atoms with Gasteiger partial charge in [0.25, 0.3) is 5.56 Å². The Morgan fingerprint density at radius 3 is 2.35 bits per heavy atom. The van der Waals surface area contributed by atoms with Gasteiger partial charge in [-0.25, -0.2) is 14.6 Å².